The highest BCUT2D eigenvalue weighted by molar-refractivity contribution is 6.10. The number of aliphatic hydroxyl groups is 1. The van der Waals surface area contributed by atoms with E-state index >= 15 is 0 Å². The van der Waals surface area contributed by atoms with E-state index in [4.69, 9.17) is 0 Å². The molecule has 1 N–H and O–H groups in total. The molecule has 1 amide bonds. The lowest BCUT2D eigenvalue weighted by Crippen LogP contribution is -2.41. The summed E-state index contributed by atoms with van der Waals surface area (Å²) >= 11 is 0. The zero-order valence-electron chi connectivity index (χ0n) is 15.9. The average Bonchev–Trinajstić information content (AvgIpc) is 2.96. The van der Waals surface area contributed by atoms with E-state index < -0.39 is 11.5 Å². The molecule has 0 aliphatic carbocycles. The van der Waals surface area contributed by atoms with Gasteiger partial charge in [-0.2, -0.15) is 0 Å². The van der Waals surface area contributed by atoms with E-state index in [2.05, 4.69) is 0 Å². The van der Waals surface area contributed by atoms with E-state index in [-0.39, 0.29) is 12.2 Å². The van der Waals surface area contributed by atoms with Crippen molar-refractivity contribution in [2.45, 2.75) is 18.6 Å². The minimum atomic E-state index is -1.86. The third-order valence-corrected chi connectivity index (χ3v) is 5.11. The summed E-state index contributed by atoms with van der Waals surface area (Å²) in [6.45, 7) is 0.340. The average molecular weight is 383 g/mol. The molecule has 29 heavy (non-hydrogen) atoms. The predicted molar refractivity (Wildman–Crippen MR) is 113 cm³/mol. The second-order valence-corrected chi connectivity index (χ2v) is 7.14. The van der Waals surface area contributed by atoms with Gasteiger partial charge in [-0.1, -0.05) is 84.9 Å². The highest BCUT2D eigenvalue weighted by atomic mass is 16.3. The van der Waals surface area contributed by atoms with Crippen LogP contribution in [0, 0.1) is 0 Å². The highest BCUT2D eigenvalue weighted by Gasteiger charge is 2.50. The number of allylic oxidation sites excluding steroid dienone is 1. The summed E-state index contributed by atoms with van der Waals surface area (Å²) in [5.74, 6) is -0.773. The molecule has 0 radical (unpaired) electrons. The maximum atomic E-state index is 13.2. The number of rotatable bonds is 6. The second-order valence-electron chi connectivity index (χ2n) is 7.14. The Balaban J connectivity index is 1.60. The van der Waals surface area contributed by atoms with E-state index in [0.717, 1.165) is 11.1 Å². The summed E-state index contributed by atoms with van der Waals surface area (Å²) in [6.07, 6.45) is 2.82. The quantitative estimate of drug-likeness (QED) is 0.652. The van der Waals surface area contributed by atoms with Crippen molar-refractivity contribution in [3.05, 3.63) is 108 Å². The molecule has 3 aromatic rings. The maximum Gasteiger partial charge on any atom is 0.264 e. The molecule has 0 aromatic heterocycles. The molecule has 1 heterocycles. The Bertz CT molecular complexity index is 1060. The van der Waals surface area contributed by atoms with Crippen molar-refractivity contribution < 1.29 is 14.7 Å². The van der Waals surface area contributed by atoms with Crippen LogP contribution in [0.3, 0.4) is 0 Å². The number of fused-ring (bicyclic) bond motifs is 1. The topological polar surface area (TPSA) is 57.6 Å². The van der Waals surface area contributed by atoms with Crippen LogP contribution >= 0.6 is 0 Å². The van der Waals surface area contributed by atoms with Crippen LogP contribution in [0.15, 0.2) is 91.0 Å². The molecule has 1 aliphatic heterocycles. The fourth-order valence-electron chi connectivity index (χ4n) is 3.66. The van der Waals surface area contributed by atoms with Gasteiger partial charge in [0, 0.05) is 5.56 Å². The van der Waals surface area contributed by atoms with Crippen LogP contribution in [0.2, 0.25) is 0 Å². The third-order valence-electron chi connectivity index (χ3n) is 5.11. The minimum Gasteiger partial charge on any atom is -0.375 e. The third kappa shape index (κ3) is 3.75. The van der Waals surface area contributed by atoms with Gasteiger partial charge in [-0.3, -0.25) is 9.59 Å². The first kappa shape index (κ1) is 18.8. The van der Waals surface area contributed by atoms with Gasteiger partial charge in [-0.15, -0.1) is 0 Å². The van der Waals surface area contributed by atoms with E-state index in [1.165, 1.54) is 6.08 Å². The van der Waals surface area contributed by atoms with Crippen molar-refractivity contribution in [3.63, 3.8) is 0 Å². The van der Waals surface area contributed by atoms with Crippen molar-refractivity contribution in [1.82, 2.24) is 0 Å². The Kier molecular flexibility index (Phi) is 5.10. The number of carbonyl (C=O) groups is 2. The van der Waals surface area contributed by atoms with E-state index in [1.54, 1.807) is 29.2 Å². The first-order chi connectivity index (χ1) is 14.1. The van der Waals surface area contributed by atoms with Gasteiger partial charge in [0.2, 0.25) is 0 Å². The van der Waals surface area contributed by atoms with Crippen molar-refractivity contribution in [2.24, 2.45) is 0 Å². The molecule has 4 heteroatoms. The molecule has 0 bridgehead atoms. The van der Waals surface area contributed by atoms with Gasteiger partial charge < -0.3 is 10.0 Å². The molecular weight excluding hydrogens is 362 g/mol. The summed E-state index contributed by atoms with van der Waals surface area (Å²) in [4.78, 5) is 27.3. The van der Waals surface area contributed by atoms with Gasteiger partial charge >= 0.3 is 0 Å². The van der Waals surface area contributed by atoms with Crippen LogP contribution < -0.4 is 4.90 Å². The van der Waals surface area contributed by atoms with Gasteiger partial charge in [-0.05, 0) is 23.3 Å². The van der Waals surface area contributed by atoms with E-state index in [1.807, 2.05) is 66.7 Å². The number of hydrogen-bond donors (Lipinski definition) is 1. The minimum absolute atomic E-state index is 0.294. The normalized spacial score (nSPS) is 18.2. The summed E-state index contributed by atoms with van der Waals surface area (Å²) in [6, 6.07) is 26.2. The second kappa shape index (κ2) is 7.86. The molecule has 144 valence electrons. The summed E-state index contributed by atoms with van der Waals surface area (Å²) in [5.41, 5.74) is 1.10. The number of ketones is 1. The number of anilines is 1. The first-order valence-corrected chi connectivity index (χ1v) is 9.52. The number of hydrogen-bond acceptors (Lipinski definition) is 3. The zero-order valence-corrected chi connectivity index (χ0v) is 15.9. The number of amides is 1. The SMILES string of the molecule is O=C(/C=C\c1ccccc1)C[C@@]1(O)C(=O)N(Cc2ccccc2)c2ccccc21. The van der Waals surface area contributed by atoms with Crippen LogP contribution in [-0.2, 0) is 21.7 Å². The van der Waals surface area contributed by atoms with Crippen LogP contribution in [0.1, 0.15) is 23.1 Å². The zero-order chi connectivity index (χ0) is 20.3. The molecule has 4 rings (SSSR count). The number of nitrogens with zero attached hydrogens (tertiary/aromatic N) is 1. The van der Waals surface area contributed by atoms with Gasteiger partial charge in [-0.25, -0.2) is 0 Å². The summed E-state index contributed by atoms with van der Waals surface area (Å²) in [5, 5.41) is 11.3. The van der Waals surface area contributed by atoms with Crippen LogP contribution in [0.4, 0.5) is 5.69 Å². The Morgan fingerprint density at radius 3 is 2.24 bits per heavy atom. The molecule has 3 aromatic carbocycles. The van der Waals surface area contributed by atoms with Crippen LogP contribution in [0.25, 0.3) is 6.08 Å². The van der Waals surface area contributed by atoms with Crippen molar-refractivity contribution in [2.75, 3.05) is 4.90 Å². The molecular formula is C25H21NO3. The molecule has 1 atom stereocenters. The number of carbonyl (C=O) groups excluding carboxylic acids is 2. The standard InChI is InChI=1S/C25H21NO3/c27-21(16-15-19-9-3-1-4-10-19)17-25(29)22-13-7-8-14-23(22)26(24(25)28)18-20-11-5-2-6-12-20/h1-16,29H,17-18H2/b16-15-/t25-/m0/s1. The Hall–Kier alpha value is -3.50. The predicted octanol–water partition coefficient (Wildman–Crippen LogP) is 4.09. The smallest absolute Gasteiger partial charge is 0.264 e. The molecule has 1 aliphatic rings. The van der Waals surface area contributed by atoms with Gasteiger partial charge in [0.1, 0.15) is 0 Å². The number of para-hydroxylation sites is 1. The molecule has 0 saturated carbocycles. The molecule has 4 nitrogen and oxygen atoms in total. The number of benzene rings is 3. The van der Waals surface area contributed by atoms with Gasteiger partial charge in [0.15, 0.2) is 11.4 Å². The van der Waals surface area contributed by atoms with Crippen molar-refractivity contribution in [3.8, 4) is 0 Å². The Morgan fingerprint density at radius 2 is 1.52 bits per heavy atom. The summed E-state index contributed by atoms with van der Waals surface area (Å²) in [7, 11) is 0. The lowest BCUT2D eigenvalue weighted by atomic mass is 9.89. The maximum absolute atomic E-state index is 13.2. The Morgan fingerprint density at radius 1 is 0.897 bits per heavy atom. The first-order valence-electron chi connectivity index (χ1n) is 9.52. The fourth-order valence-corrected chi connectivity index (χ4v) is 3.66. The van der Waals surface area contributed by atoms with E-state index in [9.17, 15) is 14.7 Å². The Labute approximate surface area is 169 Å². The van der Waals surface area contributed by atoms with Crippen molar-refractivity contribution >= 4 is 23.5 Å². The molecule has 0 unspecified atom stereocenters. The lowest BCUT2D eigenvalue weighted by Gasteiger charge is -2.22. The summed E-state index contributed by atoms with van der Waals surface area (Å²) < 4.78 is 0. The molecule has 0 fully saturated rings. The van der Waals surface area contributed by atoms with Crippen LogP contribution in [0.5, 0.6) is 0 Å². The lowest BCUT2D eigenvalue weighted by molar-refractivity contribution is -0.140. The van der Waals surface area contributed by atoms with Crippen molar-refractivity contribution in [1.29, 1.82) is 0 Å². The van der Waals surface area contributed by atoms with Gasteiger partial charge in [0.25, 0.3) is 5.91 Å². The largest absolute Gasteiger partial charge is 0.375 e. The highest BCUT2D eigenvalue weighted by Crippen LogP contribution is 2.43. The van der Waals surface area contributed by atoms with Gasteiger partial charge in [0.05, 0.1) is 18.7 Å². The van der Waals surface area contributed by atoms with Crippen LogP contribution in [-0.4, -0.2) is 16.8 Å². The monoisotopic (exact) mass is 383 g/mol. The molecule has 0 spiro atoms. The fraction of sp³-hybridized carbons (Fsp3) is 0.120. The molecule has 0 saturated heterocycles. The van der Waals surface area contributed by atoms with E-state index in [0.29, 0.717) is 17.8 Å².